The summed E-state index contributed by atoms with van der Waals surface area (Å²) in [4.78, 5) is 4.51. The molecule has 0 radical (unpaired) electrons. The van der Waals surface area contributed by atoms with E-state index in [0.29, 0.717) is 23.7 Å². The minimum atomic E-state index is 0.525. The molecule has 0 saturated carbocycles. The molecule has 0 aliphatic carbocycles. The van der Waals surface area contributed by atoms with Crippen LogP contribution in [0.2, 0.25) is 0 Å². The summed E-state index contributed by atoms with van der Waals surface area (Å²) in [7, 11) is 1.82. The Bertz CT molecular complexity index is 922. The van der Waals surface area contributed by atoms with E-state index < -0.39 is 0 Å². The summed E-state index contributed by atoms with van der Waals surface area (Å²) < 4.78 is 7.69. The Morgan fingerprint density at radius 1 is 1.24 bits per heavy atom. The van der Waals surface area contributed by atoms with E-state index in [2.05, 4.69) is 16.2 Å². The number of ether oxygens (including phenoxy) is 1. The number of nitrogens with zero attached hydrogens (tertiary/aromatic N) is 4. The molecule has 3 rings (SSSR count). The molecule has 2 aromatic heterocycles. The third kappa shape index (κ3) is 3.67. The van der Waals surface area contributed by atoms with Crippen LogP contribution in [0.3, 0.4) is 0 Å². The normalized spacial score (nSPS) is 10.5. The van der Waals surface area contributed by atoms with Crippen molar-refractivity contribution in [2.24, 2.45) is 12.8 Å². The maximum atomic E-state index is 9.19. The van der Waals surface area contributed by atoms with Crippen LogP contribution in [0, 0.1) is 18.3 Å². The van der Waals surface area contributed by atoms with E-state index in [4.69, 9.17) is 10.5 Å². The lowest BCUT2D eigenvalue weighted by molar-refractivity contribution is 0.432. The fourth-order valence-corrected chi connectivity index (χ4v) is 2.58. The maximum absolute atomic E-state index is 9.19. The lowest BCUT2D eigenvalue weighted by Crippen LogP contribution is -2.03. The monoisotopic (exact) mass is 333 g/mol. The van der Waals surface area contributed by atoms with E-state index in [1.807, 2.05) is 44.4 Å². The van der Waals surface area contributed by atoms with Crippen LogP contribution in [0.1, 0.15) is 16.8 Å². The molecule has 0 atom stereocenters. The largest absolute Gasteiger partial charge is 0.439 e. The van der Waals surface area contributed by atoms with E-state index in [0.717, 1.165) is 28.9 Å². The fourth-order valence-electron chi connectivity index (χ4n) is 2.58. The summed E-state index contributed by atoms with van der Waals surface area (Å²) in [5.74, 6) is 1.18. The van der Waals surface area contributed by atoms with Gasteiger partial charge in [0.1, 0.15) is 5.75 Å². The standard InChI is InChI=1S/C19H19N5O/c1-13-9-19(24(2)23-13)25-18-10-15(11-21)3-5-16(18)17-6-4-14(7-8-20)12-22-17/h3-6,9-10,12H,7-8,20H2,1-2H3. The number of nitriles is 1. The van der Waals surface area contributed by atoms with Crippen LogP contribution in [0.4, 0.5) is 0 Å². The van der Waals surface area contributed by atoms with Gasteiger partial charge >= 0.3 is 0 Å². The Kier molecular flexibility index (Phi) is 4.78. The van der Waals surface area contributed by atoms with Crippen molar-refractivity contribution in [1.82, 2.24) is 14.8 Å². The van der Waals surface area contributed by atoms with Crippen LogP contribution < -0.4 is 10.5 Å². The van der Waals surface area contributed by atoms with Crippen molar-refractivity contribution in [3.8, 4) is 29.0 Å². The Labute approximate surface area is 146 Å². The summed E-state index contributed by atoms with van der Waals surface area (Å²) in [6.07, 6.45) is 2.61. The number of hydrogen-bond acceptors (Lipinski definition) is 5. The molecule has 2 heterocycles. The van der Waals surface area contributed by atoms with Gasteiger partial charge in [0.2, 0.25) is 5.88 Å². The maximum Gasteiger partial charge on any atom is 0.217 e. The molecule has 25 heavy (non-hydrogen) atoms. The number of pyridine rings is 1. The van der Waals surface area contributed by atoms with Gasteiger partial charge < -0.3 is 10.5 Å². The van der Waals surface area contributed by atoms with Crippen LogP contribution >= 0.6 is 0 Å². The number of rotatable bonds is 5. The van der Waals surface area contributed by atoms with Crippen molar-refractivity contribution in [3.05, 3.63) is 59.4 Å². The topological polar surface area (TPSA) is 89.7 Å². The average molecular weight is 333 g/mol. The molecule has 0 saturated heterocycles. The molecule has 0 spiro atoms. The van der Waals surface area contributed by atoms with Gasteiger partial charge in [0.25, 0.3) is 0 Å². The van der Waals surface area contributed by atoms with Gasteiger partial charge in [0.15, 0.2) is 0 Å². The number of aromatic nitrogens is 3. The minimum Gasteiger partial charge on any atom is -0.439 e. The first-order valence-corrected chi connectivity index (χ1v) is 7.98. The third-order valence-corrected chi connectivity index (χ3v) is 3.82. The van der Waals surface area contributed by atoms with Gasteiger partial charge in [-0.2, -0.15) is 10.4 Å². The number of hydrogen-bond donors (Lipinski definition) is 1. The van der Waals surface area contributed by atoms with E-state index in [1.165, 1.54) is 0 Å². The second kappa shape index (κ2) is 7.16. The molecule has 6 heteroatoms. The highest BCUT2D eigenvalue weighted by molar-refractivity contribution is 5.69. The van der Waals surface area contributed by atoms with Gasteiger partial charge in [0, 0.05) is 24.9 Å². The zero-order valence-corrected chi connectivity index (χ0v) is 14.2. The van der Waals surface area contributed by atoms with Gasteiger partial charge in [-0.05, 0) is 49.7 Å². The van der Waals surface area contributed by atoms with E-state index in [-0.39, 0.29) is 0 Å². The Hall–Kier alpha value is -3.17. The molecular weight excluding hydrogens is 314 g/mol. The first kappa shape index (κ1) is 16.7. The van der Waals surface area contributed by atoms with Crippen LogP contribution in [0.25, 0.3) is 11.3 Å². The van der Waals surface area contributed by atoms with Crippen molar-refractivity contribution in [3.63, 3.8) is 0 Å². The average Bonchev–Trinajstić information content (AvgIpc) is 2.93. The molecule has 0 unspecified atom stereocenters. The van der Waals surface area contributed by atoms with Gasteiger partial charge in [-0.3, -0.25) is 4.98 Å². The number of nitrogens with two attached hydrogens (primary N) is 1. The van der Waals surface area contributed by atoms with Crippen molar-refractivity contribution in [2.75, 3.05) is 6.54 Å². The summed E-state index contributed by atoms with van der Waals surface area (Å²) >= 11 is 0. The quantitative estimate of drug-likeness (QED) is 0.775. The first-order valence-electron chi connectivity index (χ1n) is 7.98. The Morgan fingerprint density at radius 3 is 2.68 bits per heavy atom. The van der Waals surface area contributed by atoms with Crippen molar-refractivity contribution < 1.29 is 4.74 Å². The van der Waals surface area contributed by atoms with Crippen LogP contribution in [0.15, 0.2) is 42.6 Å². The summed E-state index contributed by atoms with van der Waals surface area (Å²) in [6, 6.07) is 13.3. The van der Waals surface area contributed by atoms with E-state index in [9.17, 15) is 5.26 Å². The number of aryl methyl sites for hydroxylation is 2. The molecule has 126 valence electrons. The lowest BCUT2D eigenvalue weighted by atomic mass is 10.1. The highest BCUT2D eigenvalue weighted by atomic mass is 16.5. The molecule has 0 bridgehead atoms. The van der Waals surface area contributed by atoms with E-state index in [1.54, 1.807) is 16.8 Å². The fraction of sp³-hybridized carbons (Fsp3) is 0.211. The molecule has 0 amide bonds. The van der Waals surface area contributed by atoms with Crippen LogP contribution in [-0.4, -0.2) is 21.3 Å². The molecule has 0 fully saturated rings. The van der Waals surface area contributed by atoms with Gasteiger partial charge in [-0.15, -0.1) is 0 Å². The van der Waals surface area contributed by atoms with Crippen LogP contribution in [0.5, 0.6) is 11.6 Å². The molecule has 1 aromatic carbocycles. The van der Waals surface area contributed by atoms with Crippen molar-refractivity contribution in [2.45, 2.75) is 13.3 Å². The molecule has 0 aliphatic heterocycles. The summed E-state index contributed by atoms with van der Waals surface area (Å²) in [6.45, 7) is 2.49. The smallest absolute Gasteiger partial charge is 0.217 e. The third-order valence-electron chi connectivity index (χ3n) is 3.82. The van der Waals surface area contributed by atoms with Gasteiger partial charge in [-0.1, -0.05) is 6.07 Å². The molecule has 0 aliphatic rings. The highest BCUT2D eigenvalue weighted by Crippen LogP contribution is 2.33. The second-order valence-corrected chi connectivity index (χ2v) is 5.76. The van der Waals surface area contributed by atoms with Crippen molar-refractivity contribution in [1.29, 1.82) is 5.26 Å². The molecule has 3 aromatic rings. The zero-order chi connectivity index (χ0) is 17.8. The molecule has 2 N–H and O–H groups in total. The highest BCUT2D eigenvalue weighted by Gasteiger charge is 2.13. The Morgan fingerprint density at radius 2 is 2.08 bits per heavy atom. The first-order chi connectivity index (χ1) is 12.1. The van der Waals surface area contributed by atoms with E-state index >= 15 is 0 Å². The van der Waals surface area contributed by atoms with Gasteiger partial charge in [0.05, 0.1) is 23.0 Å². The summed E-state index contributed by atoms with van der Waals surface area (Å²) in [5.41, 5.74) is 9.65. The minimum absolute atomic E-state index is 0.525. The molecular formula is C19H19N5O. The van der Waals surface area contributed by atoms with Crippen molar-refractivity contribution >= 4 is 0 Å². The lowest BCUT2D eigenvalue weighted by Gasteiger charge is -2.11. The number of benzene rings is 1. The predicted molar refractivity (Wildman–Crippen MR) is 95.2 cm³/mol. The Balaban J connectivity index is 2.01. The SMILES string of the molecule is Cc1cc(Oc2cc(C#N)ccc2-c2ccc(CCN)cn2)n(C)n1. The second-order valence-electron chi connectivity index (χ2n) is 5.76. The molecule has 6 nitrogen and oxygen atoms in total. The van der Waals surface area contributed by atoms with Gasteiger partial charge in [-0.25, -0.2) is 4.68 Å². The predicted octanol–water partition coefficient (Wildman–Crippen LogP) is 2.96. The zero-order valence-electron chi connectivity index (χ0n) is 14.2. The summed E-state index contributed by atoms with van der Waals surface area (Å²) in [5, 5.41) is 13.5. The van der Waals surface area contributed by atoms with Crippen LogP contribution in [-0.2, 0) is 13.5 Å².